The Morgan fingerprint density at radius 2 is 1.58 bits per heavy atom. The molecule has 0 unspecified atom stereocenters. The van der Waals surface area contributed by atoms with Crippen LogP contribution < -0.4 is 31.9 Å². The number of benzene rings is 1. The van der Waals surface area contributed by atoms with Gasteiger partial charge in [-0.1, -0.05) is 99.6 Å². The maximum absolute atomic E-state index is 14.9. The number of fused-ring (bicyclic) bond motifs is 1. The van der Waals surface area contributed by atoms with Gasteiger partial charge in [0.15, 0.2) is 0 Å². The van der Waals surface area contributed by atoms with E-state index in [0.717, 1.165) is 5.56 Å². The largest absolute Gasteiger partial charge is 0.360 e. The van der Waals surface area contributed by atoms with Gasteiger partial charge in [0.2, 0.25) is 35.4 Å². The van der Waals surface area contributed by atoms with Crippen LogP contribution in [-0.4, -0.2) is 126 Å². The van der Waals surface area contributed by atoms with E-state index in [0.29, 0.717) is 44.2 Å². The standard InChI is InChI=1S/C45H68N10O6S/c1-26(2)33-39(58)53-36(44(5,6)7)38(48-25-32(57)55-20-16-27(3)35(55)41(60)50-33)52-37(45(8,9)10)42(61)51-34(28(4)29-14-12-11-13-15-29)40(59)49-30(43-47-19-23-62-43)24-31(56)54-21-17-46-18-22-54/h11-15,19,23,26-28,30,33-37,46H,16-18,20-22,24-25H2,1-10H3,(H,48,52)(H,49,59)(H,50,60)(H,51,61)(H,53,58)/t27-,28+,30-,33+,34+,35+,36-,37-/m1/s1. The smallest absolute Gasteiger partial charge is 0.244 e. The van der Waals surface area contributed by atoms with Crippen molar-refractivity contribution in [3.05, 3.63) is 52.5 Å². The van der Waals surface area contributed by atoms with Gasteiger partial charge in [-0.05, 0) is 34.7 Å². The highest BCUT2D eigenvalue weighted by Gasteiger charge is 2.44. The summed E-state index contributed by atoms with van der Waals surface area (Å²) in [7, 11) is 0. The molecule has 6 N–H and O–H groups in total. The number of aromatic nitrogens is 1. The van der Waals surface area contributed by atoms with Crippen molar-refractivity contribution in [3.63, 3.8) is 0 Å². The highest BCUT2D eigenvalue weighted by molar-refractivity contribution is 7.09. The van der Waals surface area contributed by atoms with Gasteiger partial charge in [0.25, 0.3) is 0 Å². The van der Waals surface area contributed by atoms with Crippen LogP contribution in [0.25, 0.3) is 0 Å². The van der Waals surface area contributed by atoms with Crippen molar-refractivity contribution >= 4 is 52.6 Å². The predicted octanol–water partition coefficient (Wildman–Crippen LogP) is 2.74. The summed E-state index contributed by atoms with van der Waals surface area (Å²) in [5, 5.41) is 21.3. The van der Waals surface area contributed by atoms with E-state index in [1.54, 1.807) is 21.4 Å². The van der Waals surface area contributed by atoms with Crippen molar-refractivity contribution in [1.82, 2.24) is 46.7 Å². The molecule has 0 bridgehead atoms. The molecule has 0 aliphatic carbocycles. The molecule has 340 valence electrons. The van der Waals surface area contributed by atoms with Crippen LogP contribution in [0.2, 0.25) is 0 Å². The fourth-order valence-electron chi connectivity index (χ4n) is 8.30. The lowest BCUT2D eigenvalue weighted by Crippen LogP contribution is -2.65. The second-order valence-electron chi connectivity index (χ2n) is 19.4. The van der Waals surface area contributed by atoms with Crippen molar-refractivity contribution in [2.24, 2.45) is 27.7 Å². The molecule has 6 amide bonds. The van der Waals surface area contributed by atoms with Gasteiger partial charge in [0.05, 0.1) is 18.5 Å². The normalized spacial score (nSPS) is 23.7. The van der Waals surface area contributed by atoms with Crippen LogP contribution in [0.15, 0.2) is 46.9 Å². The van der Waals surface area contributed by atoms with Gasteiger partial charge in [-0.2, -0.15) is 0 Å². The van der Waals surface area contributed by atoms with E-state index in [9.17, 15) is 28.8 Å². The lowest BCUT2D eigenvalue weighted by Gasteiger charge is -2.39. The molecule has 0 saturated carbocycles. The second kappa shape index (κ2) is 20.5. The molecule has 8 atom stereocenters. The minimum absolute atomic E-state index is 0.00268. The van der Waals surface area contributed by atoms with E-state index in [4.69, 9.17) is 4.99 Å². The van der Waals surface area contributed by atoms with Crippen LogP contribution in [0.4, 0.5) is 0 Å². The van der Waals surface area contributed by atoms with Crippen molar-refractivity contribution in [2.45, 2.75) is 124 Å². The zero-order valence-corrected chi connectivity index (χ0v) is 38.9. The van der Waals surface area contributed by atoms with Crippen molar-refractivity contribution in [1.29, 1.82) is 0 Å². The monoisotopic (exact) mass is 877 g/mol. The number of aliphatic imine (C=N–C) groups is 1. The molecule has 2 saturated heterocycles. The Hall–Kier alpha value is -4.90. The van der Waals surface area contributed by atoms with Gasteiger partial charge >= 0.3 is 0 Å². The second-order valence-corrected chi connectivity index (χ2v) is 20.4. The molecular formula is C45H68N10O6S. The Kier molecular flexibility index (Phi) is 15.9. The van der Waals surface area contributed by atoms with Gasteiger partial charge in [-0.25, -0.2) is 4.98 Å². The number of nitrogens with one attached hydrogen (secondary N) is 6. The maximum Gasteiger partial charge on any atom is 0.244 e. The molecule has 3 aliphatic rings. The maximum atomic E-state index is 14.9. The molecule has 0 radical (unpaired) electrons. The summed E-state index contributed by atoms with van der Waals surface area (Å²) >= 11 is 1.34. The average molecular weight is 877 g/mol. The number of piperazine rings is 1. The van der Waals surface area contributed by atoms with Gasteiger partial charge in [0.1, 0.15) is 41.6 Å². The molecule has 2 aromatic rings. The molecule has 5 rings (SSSR count). The van der Waals surface area contributed by atoms with Crippen LogP contribution in [0.5, 0.6) is 0 Å². The van der Waals surface area contributed by atoms with E-state index >= 15 is 0 Å². The molecule has 4 heterocycles. The van der Waals surface area contributed by atoms with Crippen LogP contribution in [0.3, 0.4) is 0 Å². The summed E-state index contributed by atoms with van der Waals surface area (Å²) in [5.74, 6) is -2.92. The van der Waals surface area contributed by atoms with Gasteiger partial charge in [0, 0.05) is 50.2 Å². The first-order chi connectivity index (χ1) is 29.2. The SMILES string of the molecule is CC(C)[C@@H]1NC(=O)[C@@H]2[C@H](C)CCN2C(=O)CN=C(N[C@H](C(=O)N[C@H](C(=O)N[C@H](CC(=O)N2CCNCC2)c2nccs2)[C@@H](C)c2ccccc2)C(C)(C)C)[C@H](C(C)(C)C)NC1=O. The first-order valence-electron chi connectivity index (χ1n) is 21.9. The highest BCUT2D eigenvalue weighted by atomic mass is 32.1. The molecule has 2 fully saturated rings. The number of hydrogen-bond donors (Lipinski definition) is 6. The third kappa shape index (κ3) is 12.0. The molecule has 0 spiro atoms. The summed E-state index contributed by atoms with van der Waals surface area (Å²) in [6, 6.07) is 4.06. The fourth-order valence-corrected chi connectivity index (χ4v) is 8.99. The fraction of sp³-hybridized carbons (Fsp3) is 0.644. The molecule has 3 aliphatic heterocycles. The zero-order chi connectivity index (χ0) is 45.5. The van der Waals surface area contributed by atoms with E-state index in [-0.39, 0.29) is 48.4 Å². The van der Waals surface area contributed by atoms with Crippen LogP contribution >= 0.6 is 11.3 Å². The summed E-state index contributed by atoms with van der Waals surface area (Å²) in [4.78, 5) is 97.6. The van der Waals surface area contributed by atoms with Gasteiger partial charge < -0.3 is 41.7 Å². The Bertz CT molecular complexity index is 1920. The van der Waals surface area contributed by atoms with Gasteiger partial charge in [-0.15, -0.1) is 11.3 Å². The van der Waals surface area contributed by atoms with Crippen LogP contribution in [0.1, 0.15) is 105 Å². The zero-order valence-electron chi connectivity index (χ0n) is 38.0. The number of carbonyl (C=O) groups excluding carboxylic acids is 6. The average Bonchev–Trinajstić information content (AvgIpc) is 3.90. The van der Waals surface area contributed by atoms with Crippen LogP contribution in [0, 0.1) is 22.7 Å². The Labute approximate surface area is 370 Å². The number of amidine groups is 1. The minimum Gasteiger partial charge on any atom is -0.360 e. The lowest BCUT2D eigenvalue weighted by molar-refractivity contribution is -0.140. The number of hydrogen-bond acceptors (Lipinski definition) is 11. The predicted molar refractivity (Wildman–Crippen MR) is 240 cm³/mol. The van der Waals surface area contributed by atoms with E-state index in [1.165, 1.54) is 11.3 Å². The molecule has 62 heavy (non-hydrogen) atoms. The lowest BCUT2D eigenvalue weighted by atomic mass is 9.82. The molecule has 1 aromatic carbocycles. The van der Waals surface area contributed by atoms with Crippen LogP contribution in [-0.2, 0) is 28.8 Å². The molecule has 1 aromatic heterocycles. The molecule has 16 nitrogen and oxygen atoms in total. The van der Waals surface area contributed by atoms with Crippen molar-refractivity contribution < 1.29 is 28.8 Å². The number of carbonyl (C=O) groups is 6. The quantitative estimate of drug-likeness (QED) is 0.196. The highest BCUT2D eigenvalue weighted by Crippen LogP contribution is 2.29. The molecule has 17 heteroatoms. The van der Waals surface area contributed by atoms with Gasteiger partial charge in [-0.3, -0.25) is 33.8 Å². The molecular weight excluding hydrogens is 809 g/mol. The Balaban J connectivity index is 1.50. The topological polar surface area (TPSA) is 206 Å². The first kappa shape index (κ1) is 48.1. The van der Waals surface area contributed by atoms with E-state index < -0.39 is 70.7 Å². The minimum atomic E-state index is -1.10. The Morgan fingerprint density at radius 1 is 0.903 bits per heavy atom. The Morgan fingerprint density at radius 3 is 2.18 bits per heavy atom. The van der Waals surface area contributed by atoms with Crippen molar-refractivity contribution in [3.8, 4) is 0 Å². The summed E-state index contributed by atoms with van der Waals surface area (Å²) < 4.78 is 0. The summed E-state index contributed by atoms with van der Waals surface area (Å²) in [6.45, 7) is 21.4. The van der Waals surface area contributed by atoms with E-state index in [2.05, 4.69) is 36.9 Å². The number of amides is 6. The van der Waals surface area contributed by atoms with E-state index in [1.807, 2.05) is 99.6 Å². The third-order valence-corrected chi connectivity index (χ3v) is 13.0. The third-order valence-electron chi connectivity index (χ3n) is 12.1. The number of rotatable bonds is 11. The summed E-state index contributed by atoms with van der Waals surface area (Å²) in [6.07, 6.45) is 2.26. The number of nitrogens with zero attached hydrogens (tertiary/aromatic N) is 4. The summed E-state index contributed by atoms with van der Waals surface area (Å²) in [5.41, 5.74) is -0.677. The first-order valence-corrected chi connectivity index (χ1v) is 22.8. The van der Waals surface area contributed by atoms with Crippen molar-refractivity contribution in [2.75, 3.05) is 39.3 Å². The number of thiazole rings is 1.